The molecule has 0 radical (unpaired) electrons. The van der Waals surface area contributed by atoms with Crippen LogP contribution in [0, 0.1) is 5.41 Å². The highest BCUT2D eigenvalue weighted by Gasteiger charge is 2.35. The SMILES string of the molecule is CCCNc1cc(NCCC(C)(C)C)nc(C(F)(F)F)n1. The van der Waals surface area contributed by atoms with Crippen LogP contribution in [0.2, 0.25) is 0 Å². The van der Waals surface area contributed by atoms with Crippen molar-refractivity contribution in [1.29, 1.82) is 0 Å². The third kappa shape index (κ3) is 6.64. The van der Waals surface area contributed by atoms with Gasteiger partial charge in [-0.3, -0.25) is 0 Å². The van der Waals surface area contributed by atoms with Crippen molar-refractivity contribution in [2.75, 3.05) is 23.7 Å². The number of anilines is 2. The molecule has 0 fully saturated rings. The zero-order valence-electron chi connectivity index (χ0n) is 12.9. The van der Waals surface area contributed by atoms with Crippen LogP contribution in [0.4, 0.5) is 24.8 Å². The second kappa shape index (κ2) is 6.95. The van der Waals surface area contributed by atoms with Gasteiger partial charge < -0.3 is 10.6 Å². The predicted molar refractivity (Wildman–Crippen MR) is 78.4 cm³/mol. The van der Waals surface area contributed by atoms with Gasteiger partial charge in [-0.2, -0.15) is 13.2 Å². The monoisotopic (exact) mass is 304 g/mol. The number of aromatic nitrogens is 2. The molecule has 0 saturated carbocycles. The summed E-state index contributed by atoms with van der Waals surface area (Å²) in [5.41, 5.74) is 0.107. The van der Waals surface area contributed by atoms with Crippen molar-refractivity contribution in [2.45, 2.75) is 46.7 Å². The molecule has 0 aliphatic carbocycles. The molecule has 0 saturated heterocycles. The minimum Gasteiger partial charge on any atom is -0.370 e. The second-order valence-electron chi connectivity index (χ2n) is 6.12. The summed E-state index contributed by atoms with van der Waals surface area (Å²) in [6, 6.07) is 1.51. The van der Waals surface area contributed by atoms with Gasteiger partial charge in [-0.25, -0.2) is 9.97 Å². The molecule has 1 heterocycles. The fraction of sp³-hybridized carbons (Fsp3) is 0.714. The minimum absolute atomic E-state index is 0.107. The molecule has 0 amide bonds. The summed E-state index contributed by atoms with van der Waals surface area (Å²) < 4.78 is 38.4. The minimum atomic E-state index is -4.55. The smallest absolute Gasteiger partial charge is 0.370 e. The molecule has 0 aliphatic heterocycles. The van der Waals surface area contributed by atoms with Gasteiger partial charge in [0, 0.05) is 19.2 Å². The van der Waals surface area contributed by atoms with Gasteiger partial charge in [0.05, 0.1) is 0 Å². The average Bonchev–Trinajstić information content (AvgIpc) is 2.33. The Bertz CT molecular complexity index is 453. The molecule has 120 valence electrons. The Morgan fingerprint density at radius 3 is 1.95 bits per heavy atom. The maximum Gasteiger partial charge on any atom is 0.451 e. The first kappa shape index (κ1) is 17.5. The molecular weight excluding hydrogens is 281 g/mol. The van der Waals surface area contributed by atoms with Gasteiger partial charge in [-0.1, -0.05) is 27.7 Å². The van der Waals surface area contributed by atoms with Crippen molar-refractivity contribution in [3.05, 3.63) is 11.9 Å². The van der Waals surface area contributed by atoms with E-state index in [2.05, 4.69) is 41.4 Å². The standard InChI is InChI=1S/C14H23F3N4/c1-5-7-18-10-9-11(19-8-6-13(2,3)4)21-12(20-10)14(15,16)17/h9H,5-8H2,1-4H3,(H2,18,19,20,21). The number of rotatable bonds is 6. The normalized spacial score (nSPS) is 12.3. The molecule has 1 rings (SSSR count). The summed E-state index contributed by atoms with van der Waals surface area (Å²) in [7, 11) is 0. The van der Waals surface area contributed by atoms with Crippen LogP contribution in [0.1, 0.15) is 46.4 Å². The fourth-order valence-corrected chi connectivity index (χ4v) is 1.57. The molecule has 1 aromatic rings. The molecule has 0 atom stereocenters. The third-order valence-corrected chi connectivity index (χ3v) is 2.72. The summed E-state index contributed by atoms with van der Waals surface area (Å²) in [5.74, 6) is -0.737. The zero-order valence-corrected chi connectivity index (χ0v) is 12.9. The van der Waals surface area contributed by atoms with Gasteiger partial charge in [-0.05, 0) is 18.3 Å². The van der Waals surface area contributed by atoms with Gasteiger partial charge in [-0.15, -0.1) is 0 Å². The number of alkyl halides is 3. The van der Waals surface area contributed by atoms with Gasteiger partial charge in [0.25, 0.3) is 0 Å². The first-order valence-electron chi connectivity index (χ1n) is 7.06. The molecule has 2 N–H and O–H groups in total. The molecule has 4 nitrogen and oxygen atoms in total. The number of hydrogen-bond donors (Lipinski definition) is 2. The third-order valence-electron chi connectivity index (χ3n) is 2.72. The first-order chi connectivity index (χ1) is 9.62. The molecular formula is C14H23F3N4. The molecule has 0 bridgehead atoms. The van der Waals surface area contributed by atoms with Crippen LogP contribution in [0.5, 0.6) is 0 Å². The van der Waals surface area contributed by atoms with Crippen LogP contribution in [-0.4, -0.2) is 23.1 Å². The van der Waals surface area contributed by atoms with Gasteiger partial charge in [0.15, 0.2) is 0 Å². The Labute approximate surface area is 123 Å². The number of nitrogens with one attached hydrogen (secondary N) is 2. The topological polar surface area (TPSA) is 49.8 Å². The molecule has 0 spiro atoms. The zero-order chi connectivity index (χ0) is 16.1. The van der Waals surface area contributed by atoms with Gasteiger partial charge in [0.2, 0.25) is 5.82 Å². The number of hydrogen-bond acceptors (Lipinski definition) is 4. The Hall–Kier alpha value is -1.53. The van der Waals surface area contributed by atoms with Crippen LogP contribution in [0.15, 0.2) is 6.07 Å². The highest BCUT2D eigenvalue weighted by Crippen LogP contribution is 2.28. The Kier molecular flexibility index (Phi) is 5.80. The second-order valence-corrected chi connectivity index (χ2v) is 6.12. The number of nitrogens with zero attached hydrogens (tertiary/aromatic N) is 2. The van der Waals surface area contributed by atoms with E-state index < -0.39 is 12.0 Å². The average molecular weight is 304 g/mol. The van der Waals surface area contributed by atoms with Crippen LogP contribution in [0.25, 0.3) is 0 Å². The summed E-state index contributed by atoms with van der Waals surface area (Å²) in [5, 5.41) is 5.80. The van der Waals surface area contributed by atoms with E-state index in [4.69, 9.17) is 0 Å². The van der Waals surface area contributed by atoms with Crippen LogP contribution in [-0.2, 0) is 6.18 Å². The van der Waals surface area contributed by atoms with Gasteiger partial charge >= 0.3 is 6.18 Å². The maximum absolute atomic E-state index is 12.8. The Morgan fingerprint density at radius 1 is 1.00 bits per heavy atom. The molecule has 1 aromatic heterocycles. The van der Waals surface area contributed by atoms with Crippen molar-refractivity contribution in [3.8, 4) is 0 Å². The van der Waals surface area contributed by atoms with E-state index in [1.807, 2.05) is 6.92 Å². The molecule has 0 unspecified atom stereocenters. The van der Waals surface area contributed by atoms with Crippen molar-refractivity contribution >= 4 is 11.6 Å². The molecule has 21 heavy (non-hydrogen) atoms. The predicted octanol–water partition coefficient (Wildman–Crippen LogP) is 4.17. The molecule has 0 aliphatic rings. The van der Waals surface area contributed by atoms with E-state index in [0.29, 0.717) is 13.1 Å². The lowest BCUT2D eigenvalue weighted by Gasteiger charge is -2.19. The lowest BCUT2D eigenvalue weighted by molar-refractivity contribution is -0.144. The van der Waals surface area contributed by atoms with Crippen LogP contribution >= 0.6 is 0 Å². The summed E-state index contributed by atoms with van der Waals surface area (Å²) in [6.45, 7) is 9.28. The van der Waals surface area contributed by atoms with E-state index in [-0.39, 0.29) is 17.1 Å². The fourth-order valence-electron chi connectivity index (χ4n) is 1.57. The van der Waals surface area contributed by atoms with E-state index in [9.17, 15) is 13.2 Å². The maximum atomic E-state index is 12.8. The van der Waals surface area contributed by atoms with Gasteiger partial charge in [0.1, 0.15) is 11.6 Å². The van der Waals surface area contributed by atoms with Crippen LogP contribution in [0.3, 0.4) is 0 Å². The largest absolute Gasteiger partial charge is 0.451 e. The summed E-state index contributed by atoms with van der Waals surface area (Å²) >= 11 is 0. The van der Waals surface area contributed by atoms with E-state index in [1.54, 1.807) is 0 Å². The first-order valence-corrected chi connectivity index (χ1v) is 7.06. The highest BCUT2D eigenvalue weighted by molar-refractivity contribution is 5.47. The summed E-state index contributed by atoms with van der Waals surface area (Å²) in [4.78, 5) is 7.06. The summed E-state index contributed by atoms with van der Waals surface area (Å²) in [6.07, 6.45) is -2.92. The lowest BCUT2D eigenvalue weighted by atomic mass is 9.92. The Balaban J connectivity index is 2.86. The van der Waals surface area contributed by atoms with Crippen molar-refractivity contribution in [1.82, 2.24) is 9.97 Å². The van der Waals surface area contributed by atoms with E-state index in [1.165, 1.54) is 6.07 Å². The van der Waals surface area contributed by atoms with Crippen molar-refractivity contribution < 1.29 is 13.2 Å². The lowest BCUT2D eigenvalue weighted by Crippen LogP contribution is -2.17. The quantitative estimate of drug-likeness (QED) is 0.828. The molecule has 7 heteroatoms. The van der Waals surface area contributed by atoms with Crippen molar-refractivity contribution in [3.63, 3.8) is 0 Å². The number of halogens is 3. The highest BCUT2D eigenvalue weighted by atomic mass is 19.4. The van der Waals surface area contributed by atoms with E-state index in [0.717, 1.165) is 12.8 Å². The van der Waals surface area contributed by atoms with Crippen LogP contribution < -0.4 is 10.6 Å². The van der Waals surface area contributed by atoms with E-state index >= 15 is 0 Å². The molecule has 0 aromatic carbocycles. The van der Waals surface area contributed by atoms with Crippen molar-refractivity contribution in [2.24, 2.45) is 5.41 Å². The Morgan fingerprint density at radius 2 is 1.52 bits per heavy atom.